The molecule has 4 N–H and O–H groups in total. The highest BCUT2D eigenvalue weighted by atomic mass is 32.1. The first kappa shape index (κ1) is 22.8. The molecule has 0 bridgehead atoms. The summed E-state index contributed by atoms with van der Waals surface area (Å²) in [6.07, 6.45) is 0. The highest BCUT2D eigenvalue weighted by Crippen LogP contribution is 2.43. The van der Waals surface area contributed by atoms with Crippen molar-refractivity contribution in [3.05, 3.63) is 76.2 Å². The molecular formula is C27H26N6OS. The van der Waals surface area contributed by atoms with Crippen LogP contribution in [-0.4, -0.2) is 46.9 Å². The van der Waals surface area contributed by atoms with Crippen molar-refractivity contribution in [3.8, 4) is 17.2 Å². The van der Waals surface area contributed by atoms with Gasteiger partial charge in [-0.2, -0.15) is 5.26 Å². The van der Waals surface area contributed by atoms with Gasteiger partial charge >= 0.3 is 0 Å². The number of amides is 1. The van der Waals surface area contributed by atoms with Gasteiger partial charge in [-0.15, -0.1) is 11.3 Å². The van der Waals surface area contributed by atoms with E-state index in [4.69, 9.17) is 11.5 Å². The van der Waals surface area contributed by atoms with Crippen LogP contribution < -0.4 is 11.5 Å². The van der Waals surface area contributed by atoms with Crippen LogP contribution in [0.1, 0.15) is 26.4 Å². The Morgan fingerprint density at radius 1 is 1.06 bits per heavy atom. The number of thiophene rings is 1. The zero-order chi connectivity index (χ0) is 24.5. The van der Waals surface area contributed by atoms with E-state index in [2.05, 4.69) is 28.1 Å². The molecule has 35 heavy (non-hydrogen) atoms. The van der Waals surface area contributed by atoms with Gasteiger partial charge < -0.3 is 16.4 Å². The number of aromatic nitrogens is 1. The molecule has 1 fully saturated rings. The highest BCUT2D eigenvalue weighted by molar-refractivity contribution is 7.21. The molecule has 0 radical (unpaired) electrons. The fourth-order valence-corrected chi connectivity index (χ4v) is 5.63. The molecule has 1 aliphatic heterocycles. The minimum Gasteiger partial charge on any atom is -0.397 e. The topological polar surface area (TPSA) is 112 Å². The predicted octanol–water partition coefficient (Wildman–Crippen LogP) is 4.27. The Labute approximate surface area is 208 Å². The third kappa shape index (κ3) is 4.32. The van der Waals surface area contributed by atoms with Crippen LogP contribution in [0.5, 0.6) is 0 Å². The lowest BCUT2D eigenvalue weighted by Crippen LogP contribution is -2.48. The molecule has 2 aromatic carbocycles. The van der Waals surface area contributed by atoms with Crippen molar-refractivity contribution in [1.29, 1.82) is 5.26 Å². The molecule has 0 aliphatic carbocycles. The van der Waals surface area contributed by atoms with Gasteiger partial charge in [-0.25, -0.2) is 4.98 Å². The van der Waals surface area contributed by atoms with Gasteiger partial charge in [-0.1, -0.05) is 60.2 Å². The van der Waals surface area contributed by atoms with Gasteiger partial charge in [0.1, 0.15) is 27.2 Å². The summed E-state index contributed by atoms with van der Waals surface area (Å²) in [6.45, 7) is 5.72. The molecule has 1 amide bonds. The van der Waals surface area contributed by atoms with Crippen molar-refractivity contribution in [2.45, 2.75) is 13.5 Å². The summed E-state index contributed by atoms with van der Waals surface area (Å²) in [7, 11) is 0. The largest absolute Gasteiger partial charge is 0.397 e. The van der Waals surface area contributed by atoms with Crippen molar-refractivity contribution < 1.29 is 4.79 Å². The number of fused-ring (bicyclic) bond motifs is 1. The standard InChI is InChI=1S/C27H26N6OS/c1-17-7-9-19(10-8-17)21-20(15-28)25(30)31-26-22(21)23(29)24(35-26)27(34)33-13-11-32(12-14-33)16-18-5-3-2-4-6-18/h2-10H,11-14,16,29H2,1H3,(H2,30,31). The van der Waals surface area contributed by atoms with Crippen LogP contribution in [0.3, 0.4) is 0 Å². The fourth-order valence-electron chi connectivity index (χ4n) is 4.55. The Morgan fingerprint density at radius 2 is 1.74 bits per heavy atom. The van der Waals surface area contributed by atoms with E-state index in [-0.39, 0.29) is 17.3 Å². The third-order valence-corrected chi connectivity index (χ3v) is 7.55. The Kier molecular flexibility index (Phi) is 6.12. The van der Waals surface area contributed by atoms with Gasteiger partial charge in [-0.3, -0.25) is 9.69 Å². The highest BCUT2D eigenvalue weighted by Gasteiger charge is 2.28. The summed E-state index contributed by atoms with van der Waals surface area (Å²) < 4.78 is 0. The first-order chi connectivity index (χ1) is 17.0. The number of nitrogen functional groups attached to an aromatic ring is 2. The second-order valence-corrected chi connectivity index (χ2v) is 9.80. The number of nitrogens with zero attached hydrogens (tertiary/aromatic N) is 4. The zero-order valence-corrected chi connectivity index (χ0v) is 20.3. The second kappa shape index (κ2) is 9.37. The molecule has 4 aromatic rings. The van der Waals surface area contributed by atoms with Gasteiger partial charge in [0.25, 0.3) is 5.91 Å². The lowest BCUT2D eigenvalue weighted by molar-refractivity contribution is 0.0634. The van der Waals surface area contributed by atoms with Gasteiger partial charge in [0.2, 0.25) is 0 Å². The fraction of sp³-hybridized carbons (Fsp3) is 0.222. The molecule has 0 spiro atoms. The number of nitrogens with two attached hydrogens (primary N) is 2. The summed E-state index contributed by atoms with van der Waals surface area (Å²) in [5.41, 5.74) is 17.2. The number of carbonyl (C=O) groups is 1. The predicted molar refractivity (Wildman–Crippen MR) is 141 cm³/mol. The van der Waals surface area contributed by atoms with Crippen LogP contribution in [0.4, 0.5) is 11.5 Å². The van der Waals surface area contributed by atoms with Crippen molar-refractivity contribution in [1.82, 2.24) is 14.8 Å². The average Bonchev–Trinajstić information content (AvgIpc) is 3.20. The number of hydrogen-bond acceptors (Lipinski definition) is 7. The Bertz CT molecular complexity index is 1430. The number of anilines is 2. The zero-order valence-electron chi connectivity index (χ0n) is 19.5. The molecular weight excluding hydrogens is 456 g/mol. The molecule has 0 saturated carbocycles. The number of piperazine rings is 1. The van der Waals surface area contributed by atoms with Gasteiger partial charge in [0.05, 0.1) is 5.69 Å². The number of carbonyl (C=O) groups excluding carboxylic acids is 1. The SMILES string of the molecule is Cc1ccc(-c2c(C#N)c(N)nc3sc(C(=O)N4CCN(Cc5ccccc5)CC4)c(N)c23)cc1. The monoisotopic (exact) mass is 482 g/mol. The van der Waals surface area contributed by atoms with Crippen LogP contribution in [-0.2, 0) is 6.54 Å². The number of hydrogen-bond donors (Lipinski definition) is 2. The quantitative estimate of drug-likeness (QED) is 0.449. The normalized spacial score (nSPS) is 14.2. The maximum Gasteiger partial charge on any atom is 0.266 e. The molecule has 3 heterocycles. The summed E-state index contributed by atoms with van der Waals surface area (Å²) in [5, 5.41) is 10.4. The van der Waals surface area contributed by atoms with E-state index >= 15 is 0 Å². The lowest BCUT2D eigenvalue weighted by Gasteiger charge is -2.34. The van der Waals surface area contributed by atoms with Crippen LogP contribution >= 0.6 is 11.3 Å². The molecule has 176 valence electrons. The van der Waals surface area contributed by atoms with Gasteiger partial charge in [-0.05, 0) is 18.1 Å². The first-order valence-electron chi connectivity index (χ1n) is 11.5. The van der Waals surface area contributed by atoms with E-state index in [1.807, 2.05) is 54.3 Å². The van der Waals surface area contributed by atoms with Crippen LogP contribution in [0.15, 0.2) is 54.6 Å². The third-order valence-electron chi connectivity index (χ3n) is 6.46. The van der Waals surface area contributed by atoms with Gasteiger partial charge in [0, 0.05) is 43.7 Å². The second-order valence-electron chi connectivity index (χ2n) is 8.80. The van der Waals surface area contributed by atoms with Crippen molar-refractivity contribution in [2.75, 3.05) is 37.6 Å². The van der Waals surface area contributed by atoms with Crippen molar-refractivity contribution in [2.24, 2.45) is 0 Å². The molecule has 7 nitrogen and oxygen atoms in total. The number of rotatable bonds is 4. The molecule has 0 unspecified atom stereocenters. The average molecular weight is 483 g/mol. The van der Waals surface area contributed by atoms with Crippen LogP contribution in [0.25, 0.3) is 21.3 Å². The molecule has 1 saturated heterocycles. The summed E-state index contributed by atoms with van der Waals surface area (Å²) in [6, 6.07) is 20.4. The Morgan fingerprint density at radius 3 is 2.40 bits per heavy atom. The number of nitriles is 1. The molecule has 8 heteroatoms. The molecule has 2 aromatic heterocycles. The number of aryl methyl sites for hydroxylation is 1. The van der Waals surface area contributed by atoms with Crippen LogP contribution in [0.2, 0.25) is 0 Å². The Balaban J connectivity index is 1.45. The molecule has 1 aliphatic rings. The minimum absolute atomic E-state index is 0.100. The van der Waals surface area contributed by atoms with Crippen LogP contribution in [0, 0.1) is 18.3 Å². The van der Waals surface area contributed by atoms with E-state index in [1.165, 1.54) is 16.9 Å². The summed E-state index contributed by atoms with van der Waals surface area (Å²) in [5.74, 6) is 0.0437. The molecule has 0 atom stereocenters. The number of pyridine rings is 1. The maximum absolute atomic E-state index is 13.5. The van der Waals surface area contributed by atoms with E-state index < -0.39 is 0 Å². The maximum atomic E-state index is 13.5. The van der Waals surface area contributed by atoms with Crippen molar-refractivity contribution >= 4 is 39.0 Å². The summed E-state index contributed by atoms with van der Waals surface area (Å²) >= 11 is 1.24. The number of benzene rings is 2. The minimum atomic E-state index is -0.100. The smallest absolute Gasteiger partial charge is 0.266 e. The van der Waals surface area contributed by atoms with E-state index in [0.29, 0.717) is 39.4 Å². The first-order valence-corrected chi connectivity index (χ1v) is 12.3. The van der Waals surface area contributed by atoms with E-state index in [9.17, 15) is 10.1 Å². The van der Waals surface area contributed by atoms with Gasteiger partial charge in [0.15, 0.2) is 0 Å². The van der Waals surface area contributed by atoms with Crippen molar-refractivity contribution in [3.63, 3.8) is 0 Å². The van der Waals surface area contributed by atoms with E-state index in [0.717, 1.165) is 30.8 Å². The van der Waals surface area contributed by atoms with E-state index in [1.54, 1.807) is 0 Å². The Hall–Kier alpha value is -3.93. The molecule has 5 rings (SSSR count). The lowest BCUT2D eigenvalue weighted by atomic mass is 9.96. The summed E-state index contributed by atoms with van der Waals surface area (Å²) in [4.78, 5) is 23.2.